The first-order valence-corrected chi connectivity index (χ1v) is 4.11. The van der Waals surface area contributed by atoms with Crippen molar-refractivity contribution < 1.29 is 4.39 Å². The molecule has 1 nitrogen and oxygen atoms in total. The Morgan fingerprint density at radius 2 is 2.08 bits per heavy atom. The highest BCUT2D eigenvalue weighted by molar-refractivity contribution is 6.31. The number of halogens is 2. The van der Waals surface area contributed by atoms with Crippen molar-refractivity contribution in [3.63, 3.8) is 0 Å². The van der Waals surface area contributed by atoms with Gasteiger partial charge < -0.3 is 5.73 Å². The van der Waals surface area contributed by atoms with Gasteiger partial charge in [-0.25, -0.2) is 4.39 Å². The second-order valence-electron chi connectivity index (χ2n) is 2.91. The molecule has 0 saturated heterocycles. The molecule has 66 valence electrons. The fourth-order valence-electron chi connectivity index (χ4n) is 1.03. The van der Waals surface area contributed by atoms with Crippen molar-refractivity contribution in [3.05, 3.63) is 34.1 Å². The summed E-state index contributed by atoms with van der Waals surface area (Å²) in [6.07, 6.45) is 0. The second-order valence-corrected chi connectivity index (χ2v) is 3.32. The second kappa shape index (κ2) is 3.42. The molecule has 0 aliphatic heterocycles. The zero-order valence-corrected chi connectivity index (χ0v) is 7.82. The molecular formula is C9H11ClFN. The van der Waals surface area contributed by atoms with Crippen molar-refractivity contribution in [3.8, 4) is 0 Å². The lowest BCUT2D eigenvalue weighted by molar-refractivity contribution is 0.593. The van der Waals surface area contributed by atoms with E-state index in [0.29, 0.717) is 10.6 Å². The van der Waals surface area contributed by atoms with Crippen LogP contribution in [0.2, 0.25) is 5.02 Å². The topological polar surface area (TPSA) is 26.0 Å². The molecule has 1 atom stereocenters. The molecule has 3 heteroatoms. The van der Waals surface area contributed by atoms with Gasteiger partial charge in [0, 0.05) is 16.6 Å². The Bertz CT molecular complexity index is 297. The average molecular weight is 188 g/mol. The molecule has 2 N–H and O–H groups in total. The lowest BCUT2D eigenvalue weighted by Crippen LogP contribution is -2.07. The van der Waals surface area contributed by atoms with Crippen LogP contribution in [0, 0.1) is 12.7 Å². The standard InChI is InChI=1S/C9H11ClFN/c1-5-3-7(6(2)12)9(11)4-8(5)10/h3-4,6H,12H2,1-2H3/t6-/m0/s1. The molecule has 1 aromatic rings. The fourth-order valence-corrected chi connectivity index (χ4v) is 1.18. The summed E-state index contributed by atoms with van der Waals surface area (Å²) in [7, 11) is 0. The van der Waals surface area contributed by atoms with Crippen molar-refractivity contribution in [2.24, 2.45) is 5.73 Å². The van der Waals surface area contributed by atoms with Gasteiger partial charge in [-0.3, -0.25) is 0 Å². The van der Waals surface area contributed by atoms with Crippen molar-refractivity contribution in [2.45, 2.75) is 19.9 Å². The molecule has 0 aromatic heterocycles. The van der Waals surface area contributed by atoms with Gasteiger partial charge in [-0.05, 0) is 25.5 Å². The molecule has 0 saturated carbocycles. The van der Waals surface area contributed by atoms with E-state index in [9.17, 15) is 4.39 Å². The predicted molar refractivity (Wildman–Crippen MR) is 48.7 cm³/mol. The first-order valence-electron chi connectivity index (χ1n) is 3.73. The summed E-state index contributed by atoms with van der Waals surface area (Å²) >= 11 is 5.71. The summed E-state index contributed by atoms with van der Waals surface area (Å²) in [6, 6.07) is 2.69. The molecule has 1 aromatic carbocycles. The van der Waals surface area contributed by atoms with Gasteiger partial charge in [0.1, 0.15) is 5.82 Å². The van der Waals surface area contributed by atoms with Crippen molar-refractivity contribution >= 4 is 11.6 Å². The first kappa shape index (κ1) is 9.49. The predicted octanol–water partition coefficient (Wildman–Crippen LogP) is 2.81. The third-order valence-corrected chi connectivity index (χ3v) is 2.18. The van der Waals surface area contributed by atoms with E-state index in [-0.39, 0.29) is 11.9 Å². The van der Waals surface area contributed by atoms with Crippen molar-refractivity contribution in [1.29, 1.82) is 0 Å². The van der Waals surface area contributed by atoms with Crippen LogP contribution in [0.4, 0.5) is 4.39 Å². The summed E-state index contributed by atoms with van der Waals surface area (Å²) in [4.78, 5) is 0. The third-order valence-electron chi connectivity index (χ3n) is 1.77. The Labute approximate surface area is 76.3 Å². The van der Waals surface area contributed by atoms with Gasteiger partial charge in [0.05, 0.1) is 0 Å². The highest BCUT2D eigenvalue weighted by Gasteiger charge is 2.08. The summed E-state index contributed by atoms with van der Waals surface area (Å²) in [5.74, 6) is -0.333. The summed E-state index contributed by atoms with van der Waals surface area (Å²) in [5.41, 5.74) is 6.91. The van der Waals surface area contributed by atoms with Crippen LogP contribution in [0.15, 0.2) is 12.1 Å². The molecule has 0 amide bonds. The molecule has 0 heterocycles. The van der Waals surface area contributed by atoms with Crippen LogP contribution in [0.3, 0.4) is 0 Å². The minimum atomic E-state index is -0.333. The number of benzene rings is 1. The minimum absolute atomic E-state index is 0.291. The van der Waals surface area contributed by atoms with Gasteiger partial charge in [-0.1, -0.05) is 17.7 Å². The van der Waals surface area contributed by atoms with Crippen LogP contribution in [0.1, 0.15) is 24.1 Å². The van der Waals surface area contributed by atoms with Crippen LogP contribution >= 0.6 is 11.6 Å². The largest absolute Gasteiger partial charge is 0.324 e. The lowest BCUT2D eigenvalue weighted by atomic mass is 10.1. The SMILES string of the molecule is Cc1cc([C@H](C)N)c(F)cc1Cl. The maximum atomic E-state index is 13.1. The fraction of sp³-hybridized carbons (Fsp3) is 0.333. The highest BCUT2D eigenvalue weighted by Crippen LogP contribution is 2.22. The van der Waals surface area contributed by atoms with Gasteiger partial charge in [0.25, 0.3) is 0 Å². The van der Waals surface area contributed by atoms with Crippen LogP contribution in [0.25, 0.3) is 0 Å². The molecule has 0 fully saturated rings. The van der Waals surface area contributed by atoms with Crippen LogP contribution < -0.4 is 5.73 Å². The Morgan fingerprint density at radius 1 is 1.50 bits per heavy atom. The monoisotopic (exact) mass is 187 g/mol. The average Bonchev–Trinajstić information content (AvgIpc) is 1.96. The van der Waals surface area contributed by atoms with Crippen LogP contribution in [-0.4, -0.2) is 0 Å². The van der Waals surface area contributed by atoms with Crippen LogP contribution in [-0.2, 0) is 0 Å². The van der Waals surface area contributed by atoms with E-state index in [4.69, 9.17) is 17.3 Å². The van der Waals surface area contributed by atoms with Crippen LogP contribution in [0.5, 0.6) is 0 Å². The highest BCUT2D eigenvalue weighted by atomic mass is 35.5. The molecule has 0 spiro atoms. The molecule has 0 aliphatic rings. The molecular weight excluding hydrogens is 177 g/mol. The van der Waals surface area contributed by atoms with E-state index in [1.165, 1.54) is 6.07 Å². The summed E-state index contributed by atoms with van der Waals surface area (Å²) < 4.78 is 13.1. The van der Waals surface area contributed by atoms with E-state index in [1.54, 1.807) is 13.0 Å². The summed E-state index contributed by atoms with van der Waals surface area (Å²) in [6.45, 7) is 3.57. The number of rotatable bonds is 1. The summed E-state index contributed by atoms with van der Waals surface area (Å²) in [5, 5.41) is 0.442. The van der Waals surface area contributed by atoms with E-state index in [1.807, 2.05) is 6.92 Å². The maximum Gasteiger partial charge on any atom is 0.129 e. The van der Waals surface area contributed by atoms with E-state index in [2.05, 4.69) is 0 Å². The Hall–Kier alpha value is -0.600. The molecule has 0 aliphatic carbocycles. The molecule has 0 bridgehead atoms. The lowest BCUT2D eigenvalue weighted by Gasteiger charge is -2.08. The Morgan fingerprint density at radius 3 is 2.58 bits per heavy atom. The number of hydrogen-bond donors (Lipinski definition) is 1. The molecule has 0 unspecified atom stereocenters. The molecule has 12 heavy (non-hydrogen) atoms. The van der Waals surface area contributed by atoms with Crippen molar-refractivity contribution in [1.82, 2.24) is 0 Å². The normalized spacial score (nSPS) is 13.1. The van der Waals surface area contributed by atoms with E-state index < -0.39 is 0 Å². The van der Waals surface area contributed by atoms with E-state index >= 15 is 0 Å². The number of hydrogen-bond acceptors (Lipinski definition) is 1. The quantitative estimate of drug-likeness (QED) is 0.719. The van der Waals surface area contributed by atoms with E-state index in [0.717, 1.165) is 5.56 Å². The molecule has 0 radical (unpaired) electrons. The van der Waals surface area contributed by atoms with Gasteiger partial charge >= 0.3 is 0 Å². The maximum absolute atomic E-state index is 13.1. The molecule has 1 rings (SSSR count). The van der Waals surface area contributed by atoms with Gasteiger partial charge in [-0.15, -0.1) is 0 Å². The van der Waals surface area contributed by atoms with Gasteiger partial charge in [0.2, 0.25) is 0 Å². The number of nitrogens with two attached hydrogens (primary N) is 1. The van der Waals surface area contributed by atoms with Gasteiger partial charge in [-0.2, -0.15) is 0 Å². The zero-order valence-electron chi connectivity index (χ0n) is 7.07. The Balaban J connectivity index is 3.23. The number of aryl methyl sites for hydroxylation is 1. The smallest absolute Gasteiger partial charge is 0.129 e. The third kappa shape index (κ3) is 1.76. The van der Waals surface area contributed by atoms with Gasteiger partial charge in [0.15, 0.2) is 0 Å². The first-order chi connectivity index (χ1) is 5.52. The Kier molecular flexibility index (Phi) is 2.70. The minimum Gasteiger partial charge on any atom is -0.324 e. The zero-order chi connectivity index (χ0) is 9.30. The van der Waals surface area contributed by atoms with Crippen molar-refractivity contribution in [2.75, 3.05) is 0 Å².